The molecular formula is C28H39ClN2O. The minimum absolute atomic E-state index is 0.143. The van der Waals surface area contributed by atoms with Gasteiger partial charge in [0.25, 0.3) is 5.91 Å². The zero-order valence-corrected chi connectivity index (χ0v) is 20.3. The number of carbonyl (C=O) groups excluding carboxylic acids is 1. The highest BCUT2D eigenvalue weighted by molar-refractivity contribution is 6.17. The second kappa shape index (κ2) is 8.55. The van der Waals surface area contributed by atoms with Crippen LogP contribution in [0.4, 0.5) is 0 Å². The van der Waals surface area contributed by atoms with E-state index in [1.165, 1.54) is 24.8 Å². The number of nitrogens with two attached hydrogens (primary N) is 1. The average Bonchev–Trinajstić information content (AvgIpc) is 3.20. The van der Waals surface area contributed by atoms with Crippen molar-refractivity contribution in [3.8, 4) is 0 Å². The molecule has 0 saturated heterocycles. The lowest BCUT2D eigenvalue weighted by molar-refractivity contribution is -0.129. The van der Waals surface area contributed by atoms with E-state index in [9.17, 15) is 4.79 Å². The third-order valence-corrected chi connectivity index (χ3v) is 10.5. The SMILES string of the molecule is CCC1(CCCl)C2CC3(c4ccccc4)CC1C(C(=O)N=CC1CCC(CN)CC1)(C2)C3. The molecule has 0 aromatic heterocycles. The molecule has 1 amide bonds. The highest BCUT2D eigenvalue weighted by atomic mass is 35.5. The van der Waals surface area contributed by atoms with Gasteiger partial charge in [0.1, 0.15) is 0 Å². The number of rotatable bonds is 7. The Kier molecular flexibility index (Phi) is 6.03. The van der Waals surface area contributed by atoms with E-state index in [-0.39, 0.29) is 22.2 Å². The lowest BCUT2D eigenvalue weighted by atomic mass is 9.55. The van der Waals surface area contributed by atoms with Gasteiger partial charge >= 0.3 is 0 Å². The molecule has 6 rings (SSSR count). The van der Waals surface area contributed by atoms with Crippen molar-refractivity contribution in [3.63, 3.8) is 0 Å². The number of carbonyl (C=O) groups is 1. The van der Waals surface area contributed by atoms with E-state index in [0.29, 0.717) is 29.6 Å². The van der Waals surface area contributed by atoms with Crippen molar-refractivity contribution in [2.24, 2.45) is 45.2 Å². The summed E-state index contributed by atoms with van der Waals surface area (Å²) in [6.07, 6.45) is 13.1. The smallest absolute Gasteiger partial charge is 0.251 e. The average molecular weight is 455 g/mol. The van der Waals surface area contributed by atoms with Gasteiger partial charge in [-0.1, -0.05) is 37.3 Å². The largest absolute Gasteiger partial charge is 0.330 e. The maximum Gasteiger partial charge on any atom is 0.251 e. The predicted molar refractivity (Wildman–Crippen MR) is 132 cm³/mol. The molecule has 4 heteroatoms. The highest BCUT2D eigenvalue weighted by Crippen LogP contribution is 2.78. The molecule has 5 atom stereocenters. The highest BCUT2D eigenvalue weighted by Gasteiger charge is 2.74. The number of benzene rings is 1. The van der Waals surface area contributed by atoms with Gasteiger partial charge < -0.3 is 5.73 Å². The fourth-order valence-electron chi connectivity index (χ4n) is 8.77. The number of nitrogens with zero attached hydrogens (tertiary/aromatic N) is 1. The summed E-state index contributed by atoms with van der Waals surface area (Å²) in [4.78, 5) is 18.6. The maximum absolute atomic E-state index is 13.9. The molecule has 5 saturated carbocycles. The first-order valence-corrected chi connectivity index (χ1v) is 13.5. The van der Waals surface area contributed by atoms with Gasteiger partial charge in [-0.15, -0.1) is 11.6 Å². The molecule has 1 aromatic rings. The molecule has 0 radical (unpaired) electrons. The maximum atomic E-state index is 13.9. The fourth-order valence-corrected chi connectivity index (χ4v) is 9.12. The number of hydrogen-bond acceptors (Lipinski definition) is 2. The summed E-state index contributed by atoms with van der Waals surface area (Å²) in [5, 5.41) is 0. The molecule has 0 aliphatic heterocycles. The molecule has 5 aliphatic rings. The molecule has 32 heavy (non-hydrogen) atoms. The molecule has 4 bridgehead atoms. The van der Waals surface area contributed by atoms with Crippen LogP contribution < -0.4 is 5.73 Å². The molecule has 174 valence electrons. The molecule has 2 N–H and O–H groups in total. The van der Waals surface area contributed by atoms with E-state index in [1.54, 1.807) is 0 Å². The molecular weight excluding hydrogens is 416 g/mol. The topological polar surface area (TPSA) is 55.5 Å². The lowest BCUT2D eigenvalue weighted by Crippen LogP contribution is -2.42. The molecule has 1 aromatic carbocycles. The summed E-state index contributed by atoms with van der Waals surface area (Å²) >= 11 is 6.36. The Hall–Kier alpha value is -1.19. The Labute approximate surface area is 198 Å². The van der Waals surface area contributed by atoms with E-state index in [2.05, 4.69) is 37.3 Å². The van der Waals surface area contributed by atoms with Crippen molar-refractivity contribution in [2.45, 2.75) is 76.5 Å². The number of alkyl halides is 1. The van der Waals surface area contributed by atoms with E-state index >= 15 is 0 Å². The van der Waals surface area contributed by atoms with Crippen molar-refractivity contribution >= 4 is 23.7 Å². The zero-order valence-electron chi connectivity index (χ0n) is 19.6. The molecule has 5 fully saturated rings. The predicted octanol–water partition coefficient (Wildman–Crippen LogP) is 6.13. The standard InChI is InChI=1S/C28H39ClN2O/c1-2-27(12-13-29)23-14-26(22-6-4-3-5-7-22)16-24(27)28(15-23,19-26)25(32)31-18-21-10-8-20(17-30)9-11-21/h3-7,18,20-21,23-24H,2,8-17,19,30H2,1H3. The van der Waals surface area contributed by atoms with Crippen LogP contribution >= 0.6 is 11.6 Å². The van der Waals surface area contributed by atoms with Gasteiger partial charge in [0, 0.05) is 12.1 Å². The van der Waals surface area contributed by atoms with Crippen LogP contribution in [0.3, 0.4) is 0 Å². The number of amides is 1. The Morgan fingerprint density at radius 3 is 2.56 bits per heavy atom. The first kappa shape index (κ1) is 22.6. The summed E-state index contributed by atoms with van der Waals surface area (Å²) in [6.45, 7) is 3.11. The molecule has 3 nitrogen and oxygen atoms in total. The van der Waals surface area contributed by atoms with Gasteiger partial charge in [0.15, 0.2) is 0 Å². The van der Waals surface area contributed by atoms with Crippen molar-refractivity contribution in [1.29, 1.82) is 0 Å². The summed E-state index contributed by atoms with van der Waals surface area (Å²) < 4.78 is 0. The molecule has 5 aliphatic carbocycles. The van der Waals surface area contributed by atoms with Gasteiger partial charge in [-0.25, -0.2) is 4.99 Å². The lowest BCUT2D eigenvalue weighted by Gasteiger charge is -2.49. The second-order valence-electron chi connectivity index (χ2n) is 11.5. The van der Waals surface area contributed by atoms with E-state index < -0.39 is 0 Å². The molecule has 0 spiro atoms. The summed E-state index contributed by atoms with van der Waals surface area (Å²) in [6, 6.07) is 11.0. The van der Waals surface area contributed by atoms with Crippen molar-refractivity contribution < 1.29 is 4.79 Å². The fraction of sp³-hybridized carbons (Fsp3) is 0.714. The number of aliphatic imine (C=N–C) groups is 1. The van der Waals surface area contributed by atoms with Gasteiger partial charge in [-0.2, -0.15) is 0 Å². The van der Waals surface area contributed by atoms with Crippen LogP contribution in [-0.2, 0) is 10.2 Å². The molecule has 0 heterocycles. The summed E-state index contributed by atoms with van der Waals surface area (Å²) in [5.74, 6) is 2.96. The number of halogens is 1. The van der Waals surface area contributed by atoms with E-state index in [0.717, 1.165) is 51.5 Å². The van der Waals surface area contributed by atoms with E-state index in [1.807, 2.05) is 6.21 Å². The van der Waals surface area contributed by atoms with Gasteiger partial charge in [-0.3, -0.25) is 4.79 Å². The summed E-state index contributed by atoms with van der Waals surface area (Å²) in [5.41, 5.74) is 7.36. The first-order valence-electron chi connectivity index (χ1n) is 12.9. The third-order valence-electron chi connectivity index (χ3n) is 10.3. The van der Waals surface area contributed by atoms with Gasteiger partial charge in [0.2, 0.25) is 0 Å². The minimum Gasteiger partial charge on any atom is -0.330 e. The Morgan fingerprint density at radius 2 is 1.91 bits per heavy atom. The quantitative estimate of drug-likeness (QED) is 0.397. The van der Waals surface area contributed by atoms with Crippen LogP contribution in [0.5, 0.6) is 0 Å². The van der Waals surface area contributed by atoms with Gasteiger partial charge in [-0.05, 0) is 111 Å². The van der Waals surface area contributed by atoms with Crippen LogP contribution in [0.15, 0.2) is 35.3 Å². The van der Waals surface area contributed by atoms with Crippen LogP contribution in [0.25, 0.3) is 0 Å². The number of hydrogen-bond donors (Lipinski definition) is 1. The van der Waals surface area contributed by atoms with E-state index in [4.69, 9.17) is 22.3 Å². The molecule has 5 unspecified atom stereocenters. The van der Waals surface area contributed by atoms with Crippen molar-refractivity contribution in [3.05, 3.63) is 35.9 Å². The monoisotopic (exact) mass is 454 g/mol. The Morgan fingerprint density at radius 1 is 1.16 bits per heavy atom. The van der Waals surface area contributed by atoms with Crippen LogP contribution in [-0.4, -0.2) is 24.5 Å². The van der Waals surface area contributed by atoms with Crippen LogP contribution in [0, 0.1) is 34.5 Å². The summed E-state index contributed by atoms with van der Waals surface area (Å²) in [7, 11) is 0. The zero-order chi connectivity index (χ0) is 22.4. The van der Waals surface area contributed by atoms with Crippen molar-refractivity contribution in [2.75, 3.05) is 12.4 Å². The van der Waals surface area contributed by atoms with Crippen molar-refractivity contribution in [1.82, 2.24) is 0 Å². The first-order chi connectivity index (χ1) is 15.5. The Balaban J connectivity index is 1.44. The normalized spacial score (nSPS) is 42.7. The van der Waals surface area contributed by atoms with Gasteiger partial charge in [0.05, 0.1) is 5.41 Å². The minimum atomic E-state index is -0.286. The second-order valence-corrected chi connectivity index (χ2v) is 11.8. The third kappa shape index (κ3) is 3.33. The van der Waals surface area contributed by atoms with Crippen LogP contribution in [0.2, 0.25) is 0 Å². The Bertz CT molecular complexity index is 863. The van der Waals surface area contributed by atoms with Crippen LogP contribution in [0.1, 0.15) is 76.7 Å².